The fourth-order valence-corrected chi connectivity index (χ4v) is 6.49. The highest BCUT2D eigenvalue weighted by atomic mass is 16.3. The highest BCUT2D eigenvalue weighted by molar-refractivity contribution is 5.74. The number of likely N-dealkylation sites (tertiary alicyclic amines) is 1. The van der Waals surface area contributed by atoms with Gasteiger partial charge in [-0.05, 0) is 74.2 Å². The lowest BCUT2D eigenvalue weighted by Gasteiger charge is -2.50. The van der Waals surface area contributed by atoms with Crippen molar-refractivity contribution in [2.24, 2.45) is 0 Å². The summed E-state index contributed by atoms with van der Waals surface area (Å²) in [5, 5.41) is 11.7. The normalized spacial score (nSPS) is 31.2. The molecule has 1 saturated heterocycles. The number of piperidine rings is 1. The summed E-state index contributed by atoms with van der Waals surface area (Å²) < 4.78 is 0. The molecule has 4 nitrogen and oxygen atoms in total. The van der Waals surface area contributed by atoms with E-state index < -0.39 is 5.60 Å². The summed E-state index contributed by atoms with van der Waals surface area (Å²) in [6.45, 7) is 3.16. The van der Waals surface area contributed by atoms with Crippen LogP contribution >= 0.6 is 0 Å². The predicted molar refractivity (Wildman–Crippen MR) is 120 cm³/mol. The molecule has 2 fully saturated rings. The van der Waals surface area contributed by atoms with Crippen LogP contribution < -0.4 is 0 Å². The van der Waals surface area contributed by atoms with E-state index in [9.17, 15) is 5.11 Å². The number of hydrogen-bond acceptors (Lipinski definition) is 3. The van der Waals surface area contributed by atoms with Crippen LogP contribution in [0.25, 0.3) is 11.0 Å². The van der Waals surface area contributed by atoms with Crippen molar-refractivity contribution in [2.75, 3.05) is 19.6 Å². The smallest absolute Gasteiger partial charge is 0.111 e. The van der Waals surface area contributed by atoms with Crippen LogP contribution in [-0.4, -0.2) is 45.2 Å². The zero-order chi connectivity index (χ0) is 20.1. The first-order chi connectivity index (χ1) is 14.7. The quantitative estimate of drug-likeness (QED) is 0.652. The first kappa shape index (κ1) is 18.6. The van der Waals surface area contributed by atoms with Crippen molar-refractivity contribution in [1.29, 1.82) is 0 Å². The third-order valence-electron chi connectivity index (χ3n) is 8.02. The Morgan fingerprint density at radius 1 is 1.00 bits per heavy atom. The van der Waals surface area contributed by atoms with Gasteiger partial charge in [0.05, 0.1) is 16.6 Å². The molecule has 4 heteroatoms. The number of aliphatic hydroxyl groups is 1. The highest BCUT2D eigenvalue weighted by Gasteiger charge is 2.48. The maximum Gasteiger partial charge on any atom is 0.111 e. The van der Waals surface area contributed by atoms with E-state index in [4.69, 9.17) is 4.98 Å². The lowest BCUT2D eigenvalue weighted by atomic mass is 9.58. The number of nitrogens with one attached hydrogen (secondary N) is 1. The minimum atomic E-state index is -0.538. The molecular weight excluding hydrogens is 370 g/mol. The molecule has 2 bridgehead atoms. The molecule has 0 amide bonds. The molecule has 1 aliphatic heterocycles. The number of nitrogens with zero attached hydrogens (tertiary/aromatic N) is 2. The van der Waals surface area contributed by atoms with Crippen LogP contribution in [0.4, 0.5) is 0 Å². The van der Waals surface area contributed by atoms with Gasteiger partial charge < -0.3 is 15.0 Å². The molecule has 0 spiro atoms. The SMILES string of the molecule is O[C@@]1(CCN2CCCC(c3nc4ccccc4[nH]3)C2)C[C@H]2CC[C@H]1c1ccccc12. The fourth-order valence-electron chi connectivity index (χ4n) is 6.49. The third-order valence-corrected chi connectivity index (χ3v) is 8.02. The van der Waals surface area contributed by atoms with Crippen LogP contribution in [0.3, 0.4) is 0 Å². The zero-order valence-electron chi connectivity index (χ0n) is 17.6. The average Bonchev–Trinajstić information content (AvgIpc) is 3.23. The Bertz CT molecular complexity index is 1030. The minimum absolute atomic E-state index is 0.315. The molecule has 2 N–H and O–H groups in total. The maximum atomic E-state index is 11.7. The van der Waals surface area contributed by atoms with Crippen molar-refractivity contribution in [3.63, 3.8) is 0 Å². The van der Waals surface area contributed by atoms with Gasteiger partial charge in [-0.15, -0.1) is 0 Å². The van der Waals surface area contributed by atoms with E-state index >= 15 is 0 Å². The van der Waals surface area contributed by atoms with Crippen molar-refractivity contribution in [3.05, 3.63) is 65.5 Å². The molecule has 2 aromatic carbocycles. The van der Waals surface area contributed by atoms with Crippen molar-refractivity contribution in [3.8, 4) is 0 Å². The Kier molecular flexibility index (Phi) is 4.47. The maximum absolute atomic E-state index is 11.7. The van der Waals surface area contributed by atoms with Crippen LogP contribution in [0.5, 0.6) is 0 Å². The topological polar surface area (TPSA) is 52.1 Å². The van der Waals surface area contributed by atoms with E-state index in [-0.39, 0.29) is 0 Å². The van der Waals surface area contributed by atoms with Crippen LogP contribution in [0.2, 0.25) is 0 Å². The Labute approximate surface area is 178 Å². The number of H-pyrrole nitrogens is 1. The molecule has 0 radical (unpaired) electrons. The summed E-state index contributed by atoms with van der Waals surface area (Å²) in [7, 11) is 0. The molecule has 3 aromatic rings. The second-order valence-corrected chi connectivity index (χ2v) is 9.79. The third kappa shape index (κ3) is 3.09. The van der Waals surface area contributed by atoms with Crippen molar-refractivity contribution >= 4 is 11.0 Å². The number of fused-ring (bicyclic) bond motifs is 3. The molecule has 4 atom stereocenters. The summed E-state index contributed by atoms with van der Waals surface area (Å²) in [6, 6.07) is 17.2. The van der Waals surface area contributed by atoms with Gasteiger partial charge in [-0.3, -0.25) is 0 Å². The van der Waals surface area contributed by atoms with Gasteiger partial charge in [0.2, 0.25) is 0 Å². The van der Waals surface area contributed by atoms with Crippen LogP contribution in [0, 0.1) is 0 Å². The van der Waals surface area contributed by atoms with Gasteiger partial charge in [-0.1, -0.05) is 36.4 Å². The number of para-hydroxylation sites is 2. The second-order valence-electron chi connectivity index (χ2n) is 9.79. The number of aromatic nitrogens is 2. The summed E-state index contributed by atoms with van der Waals surface area (Å²) in [5.74, 6) is 2.45. The van der Waals surface area contributed by atoms with Crippen LogP contribution in [-0.2, 0) is 0 Å². The average molecular weight is 402 g/mol. The molecule has 3 aliphatic carbocycles. The second kappa shape index (κ2) is 7.21. The first-order valence-electron chi connectivity index (χ1n) is 11.7. The van der Waals surface area contributed by atoms with Crippen molar-refractivity contribution in [1.82, 2.24) is 14.9 Å². The number of imidazole rings is 1. The molecule has 156 valence electrons. The Morgan fingerprint density at radius 2 is 1.83 bits per heavy atom. The lowest BCUT2D eigenvalue weighted by Crippen LogP contribution is -2.48. The van der Waals surface area contributed by atoms with Crippen LogP contribution in [0.15, 0.2) is 48.5 Å². The van der Waals surface area contributed by atoms with E-state index in [0.29, 0.717) is 17.8 Å². The standard InChI is InChI=1S/C26H31N3O/c30-26(16-18-11-12-22(26)21-8-2-1-7-20(18)21)13-15-29-14-5-6-19(17-29)25-27-23-9-3-4-10-24(23)28-25/h1-4,7-10,18-19,22,30H,5-6,11-17H2,(H,27,28)/t18-,19?,22+,26+/m1/s1. The Morgan fingerprint density at radius 3 is 2.73 bits per heavy atom. The Balaban J connectivity index is 1.15. The van der Waals surface area contributed by atoms with Crippen LogP contribution in [0.1, 0.15) is 73.2 Å². The molecule has 1 unspecified atom stereocenters. The monoisotopic (exact) mass is 401 g/mol. The Hall–Kier alpha value is -2.17. The largest absolute Gasteiger partial charge is 0.389 e. The van der Waals surface area contributed by atoms with Gasteiger partial charge in [0.25, 0.3) is 0 Å². The molecule has 2 heterocycles. The molecule has 7 rings (SSSR count). The predicted octanol–water partition coefficient (Wildman–Crippen LogP) is 4.93. The summed E-state index contributed by atoms with van der Waals surface area (Å²) in [6.07, 6.45) is 6.60. The van der Waals surface area contributed by atoms with Gasteiger partial charge in [0.1, 0.15) is 5.82 Å². The molecular formula is C26H31N3O. The van der Waals surface area contributed by atoms with E-state index in [2.05, 4.69) is 58.4 Å². The summed E-state index contributed by atoms with van der Waals surface area (Å²) in [5.41, 5.74) is 4.58. The van der Waals surface area contributed by atoms with Gasteiger partial charge >= 0.3 is 0 Å². The van der Waals surface area contributed by atoms with E-state index in [0.717, 1.165) is 55.8 Å². The van der Waals surface area contributed by atoms with E-state index in [1.165, 1.54) is 30.4 Å². The highest BCUT2D eigenvalue weighted by Crippen LogP contribution is 2.55. The molecule has 1 saturated carbocycles. The summed E-state index contributed by atoms with van der Waals surface area (Å²) in [4.78, 5) is 11.0. The number of aromatic amines is 1. The number of rotatable bonds is 4. The van der Waals surface area contributed by atoms with E-state index in [1.54, 1.807) is 0 Å². The minimum Gasteiger partial charge on any atom is -0.389 e. The van der Waals surface area contributed by atoms with Gasteiger partial charge in [-0.2, -0.15) is 0 Å². The van der Waals surface area contributed by atoms with Crippen molar-refractivity contribution in [2.45, 2.75) is 61.9 Å². The van der Waals surface area contributed by atoms with E-state index in [1.807, 2.05) is 0 Å². The molecule has 4 aliphatic rings. The number of benzene rings is 2. The lowest BCUT2D eigenvalue weighted by molar-refractivity contribution is -0.0475. The van der Waals surface area contributed by atoms with Gasteiger partial charge in [0, 0.05) is 24.9 Å². The fraction of sp³-hybridized carbons (Fsp3) is 0.500. The zero-order valence-corrected chi connectivity index (χ0v) is 17.6. The first-order valence-corrected chi connectivity index (χ1v) is 11.7. The molecule has 30 heavy (non-hydrogen) atoms. The molecule has 1 aromatic heterocycles. The number of hydrogen-bond donors (Lipinski definition) is 2. The summed E-state index contributed by atoms with van der Waals surface area (Å²) >= 11 is 0. The van der Waals surface area contributed by atoms with Crippen molar-refractivity contribution < 1.29 is 5.11 Å². The van der Waals surface area contributed by atoms with Gasteiger partial charge in [0.15, 0.2) is 0 Å². The van der Waals surface area contributed by atoms with Gasteiger partial charge in [-0.25, -0.2) is 4.98 Å².